The first-order valence-electron chi connectivity index (χ1n) is 12.0. The average molecular weight is 459 g/mol. The number of benzene rings is 1. The van der Waals surface area contributed by atoms with Crippen molar-refractivity contribution < 1.29 is 12.6 Å². The van der Waals surface area contributed by atoms with Gasteiger partial charge < -0.3 is 0 Å². The second-order valence-electron chi connectivity index (χ2n) is 8.25. The standard InChI is InChI=1S/C16H37P.C9H10O3S/c1-5-9-13-17(14-10-6-2,15-11-7-3)16-12-8-4;1-2-8-12-13(10,11)9-6-4-3-5-7-9/h17H,5-16H2,1-4H3;2-7H,1,8H2. The summed E-state index contributed by atoms with van der Waals surface area (Å²) < 4.78 is 27.3. The quantitative estimate of drug-likeness (QED) is 0.146. The molecule has 0 aliphatic carbocycles. The molecule has 0 amide bonds. The van der Waals surface area contributed by atoms with Crippen molar-refractivity contribution in [3.63, 3.8) is 0 Å². The van der Waals surface area contributed by atoms with Gasteiger partial charge in [0.15, 0.2) is 0 Å². The van der Waals surface area contributed by atoms with E-state index >= 15 is 0 Å². The molecule has 0 saturated carbocycles. The molecule has 1 aromatic rings. The van der Waals surface area contributed by atoms with Crippen LogP contribution in [-0.2, 0) is 14.3 Å². The summed E-state index contributed by atoms with van der Waals surface area (Å²) in [5.41, 5.74) is 0. The number of unbranched alkanes of at least 4 members (excludes halogenated alkanes) is 4. The fourth-order valence-corrected chi connectivity index (χ4v) is 10.6. The molecule has 0 aliphatic heterocycles. The van der Waals surface area contributed by atoms with E-state index in [1.807, 2.05) is 0 Å². The Hall–Kier alpha value is -0.700. The van der Waals surface area contributed by atoms with E-state index in [9.17, 15) is 8.42 Å². The van der Waals surface area contributed by atoms with Gasteiger partial charge in [0.2, 0.25) is 0 Å². The van der Waals surface area contributed by atoms with Gasteiger partial charge in [-0.15, -0.1) is 6.58 Å². The van der Waals surface area contributed by atoms with Gasteiger partial charge in [0.25, 0.3) is 10.1 Å². The first-order valence-corrected chi connectivity index (χ1v) is 16.2. The van der Waals surface area contributed by atoms with Crippen molar-refractivity contribution in [3.8, 4) is 0 Å². The fraction of sp³-hybridized carbons (Fsp3) is 0.680. The summed E-state index contributed by atoms with van der Waals surface area (Å²) in [6.45, 7) is 12.8. The normalized spacial score (nSPS) is 12.1. The van der Waals surface area contributed by atoms with Crippen molar-refractivity contribution >= 4 is 17.4 Å². The van der Waals surface area contributed by atoms with Crippen LogP contribution in [0.15, 0.2) is 47.9 Å². The van der Waals surface area contributed by atoms with E-state index in [0.717, 1.165) is 0 Å². The Kier molecular flexibility index (Phi) is 17.5. The molecule has 0 radical (unpaired) electrons. The van der Waals surface area contributed by atoms with Crippen molar-refractivity contribution in [2.24, 2.45) is 0 Å². The zero-order valence-electron chi connectivity index (χ0n) is 20.0. The minimum absolute atomic E-state index is 0.00275. The molecular weight excluding hydrogens is 411 g/mol. The molecule has 0 bridgehead atoms. The van der Waals surface area contributed by atoms with Gasteiger partial charge in [0.05, 0.1) is 11.5 Å². The van der Waals surface area contributed by atoms with Crippen LogP contribution in [-0.4, -0.2) is 39.7 Å². The number of rotatable bonds is 16. The van der Waals surface area contributed by atoms with Gasteiger partial charge >= 0.3 is 111 Å². The molecule has 5 heteroatoms. The van der Waals surface area contributed by atoms with Crippen LogP contribution in [0.25, 0.3) is 0 Å². The molecule has 0 unspecified atom stereocenters. The summed E-state index contributed by atoms with van der Waals surface area (Å²) in [7, 11) is -4.47. The van der Waals surface area contributed by atoms with Gasteiger partial charge in [-0.05, 0) is 12.1 Å². The van der Waals surface area contributed by atoms with Gasteiger partial charge in [-0.3, -0.25) is 4.18 Å². The van der Waals surface area contributed by atoms with Gasteiger partial charge in [0.1, 0.15) is 0 Å². The zero-order valence-corrected chi connectivity index (χ0v) is 21.8. The van der Waals surface area contributed by atoms with Gasteiger partial charge in [-0.25, -0.2) is 0 Å². The monoisotopic (exact) mass is 458 g/mol. The molecule has 0 saturated heterocycles. The first kappa shape index (κ1) is 29.3. The maximum atomic E-state index is 11.3. The fourth-order valence-electron chi connectivity index (χ4n) is 3.75. The Labute approximate surface area is 188 Å². The van der Waals surface area contributed by atoms with Gasteiger partial charge in [-0.2, -0.15) is 8.42 Å². The SMILES string of the molecule is C=CCOS(=O)(=O)c1ccccc1.CCCC[PH](CCCC)(CCCC)CCCC. The average Bonchev–Trinajstić information content (AvgIpc) is 2.78. The third kappa shape index (κ3) is 12.9. The van der Waals surface area contributed by atoms with Crippen molar-refractivity contribution in [1.82, 2.24) is 0 Å². The molecule has 0 spiro atoms. The van der Waals surface area contributed by atoms with Crippen LogP contribution in [0.5, 0.6) is 0 Å². The van der Waals surface area contributed by atoms with Crippen LogP contribution in [0.3, 0.4) is 0 Å². The third-order valence-electron chi connectivity index (χ3n) is 5.62. The van der Waals surface area contributed by atoms with Crippen molar-refractivity contribution in [1.29, 1.82) is 0 Å². The van der Waals surface area contributed by atoms with Crippen LogP contribution in [0.4, 0.5) is 0 Å². The van der Waals surface area contributed by atoms with E-state index in [-0.39, 0.29) is 11.5 Å². The molecule has 176 valence electrons. The summed E-state index contributed by atoms with van der Waals surface area (Å²) in [5.74, 6) is 0. The predicted octanol–water partition coefficient (Wildman–Crippen LogP) is 7.51. The van der Waals surface area contributed by atoms with Crippen molar-refractivity contribution in [2.75, 3.05) is 31.3 Å². The summed E-state index contributed by atoms with van der Waals surface area (Å²) in [4.78, 5) is 0.164. The summed E-state index contributed by atoms with van der Waals surface area (Å²) in [6.07, 6.45) is 19.5. The molecule has 0 aliphatic rings. The van der Waals surface area contributed by atoms with Crippen LogP contribution in [0.2, 0.25) is 0 Å². The van der Waals surface area contributed by atoms with E-state index < -0.39 is 17.4 Å². The Bertz CT molecular complexity index is 592. The van der Waals surface area contributed by atoms with Crippen molar-refractivity contribution in [3.05, 3.63) is 43.0 Å². The van der Waals surface area contributed by atoms with E-state index in [4.69, 9.17) is 0 Å². The van der Waals surface area contributed by atoms with Crippen LogP contribution in [0.1, 0.15) is 79.1 Å². The van der Waals surface area contributed by atoms with Crippen LogP contribution < -0.4 is 0 Å². The first-order chi connectivity index (χ1) is 14.4. The Balaban J connectivity index is 0.000000579. The molecule has 0 fully saturated rings. The van der Waals surface area contributed by atoms with E-state index in [0.29, 0.717) is 0 Å². The molecule has 30 heavy (non-hydrogen) atoms. The Morgan fingerprint density at radius 2 is 1.20 bits per heavy atom. The summed E-state index contributed by atoms with van der Waals surface area (Å²) in [6, 6.07) is 8.00. The molecule has 0 heterocycles. The van der Waals surface area contributed by atoms with E-state index in [2.05, 4.69) is 38.5 Å². The Morgan fingerprint density at radius 1 is 0.800 bits per heavy atom. The second kappa shape index (κ2) is 17.9. The summed E-state index contributed by atoms with van der Waals surface area (Å²) >= 11 is 0. The van der Waals surface area contributed by atoms with E-state index in [1.165, 1.54) is 69.6 Å². The van der Waals surface area contributed by atoms with E-state index in [1.54, 1.807) is 42.8 Å². The van der Waals surface area contributed by atoms with Gasteiger partial charge in [-0.1, -0.05) is 24.3 Å². The molecule has 3 nitrogen and oxygen atoms in total. The van der Waals surface area contributed by atoms with Crippen LogP contribution >= 0.6 is 7.26 Å². The molecule has 1 aromatic carbocycles. The van der Waals surface area contributed by atoms with Crippen molar-refractivity contribution in [2.45, 2.75) is 84.0 Å². The predicted molar refractivity (Wildman–Crippen MR) is 137 cm³/mol. The number of hydrogen-bond donors (Lipinski definition) is 0. The van der Waals surface area contributed by atoms with Crippen LogP contribution in [0, 0.1) is 0 Å². The molecule has 0 N–H and O–H groups in total. The topological polar surface area (TPSA) is 43.4 Å². The Morgan fingerprint density at radius 3 is 1.53 bits per heavy atom. The number of hydrogen-bond acceptors (Lipinski definition) is 3. The molecule has 1 rings (SSSR count). The summed E-state index contributed by atoms with van der Waals surface area (Å²) in [5, 5.41) is 0. The molecular formula is C25H47O3PS. The second-order valence-corrected chi connectivity index (χ2v) is 14.9. The molecule has 0 atom stereocenters. The molecule has 0 aromatic heterocycles. The van der Waals surface area contributed by atoms with Gasteiger partial charge in [0, 0.05) is 0 Å². The zero-order chi connectivity index (χ0) is 22.7. The minimum atomic E-state index is -3.59. The maximum absolute atomic E-state index is 11.3. The third-order valence-corrected chi connectivity index (χ3v) is 12.6.